The monoisotopic (exact) mass is 527 g/mol. The molecule has 1 aromatic carbocycles. The number of benzene rings is 1. The van der Waals surface area contributed by atoms with Gasteiger partial charge in [0.2, 0.25) is 11.8 Å². The molecular formula is C26H30FN5O4S. The summed E-state index contributed by atoms with van der Waals surface area (Å²) in [5.41, 5.74) is 1.74. The molecule has 0 aliphatic carbocycles. The van der Waals surface area contributed by atoms with E-state index in [-0.39, 0.29) is 36.5 Å². The fourth-order valence-corrected chi connectivity index (χ4v) is 6.82. The molecule has 0 spiro atoms. The molecule has 196 valence electrons. The Kier molecular flexibility index (Phi) is 6.68. The highest BCUT2D eigenvalue weighted by Gasteiger charge is 2.40. The topological polar surface area (TPSA) is 95.1 Å². The fraction of sp³-hybridized carbons (Fsp3) is 0.538. The third kappa shape index (κ3) is 4.87. The largest absolute Gasteiger partial charge is 0.378 e. The molecule has 3 fully saturated rings. The Morgan fingerprint density at radius 1 is 1.08 bits per heavy atom. The Morgan fingerprint density at radius 2 is 1.86 bits per heavy atom. The second kappa shape index (κ2) is 10.1. The van der Waals surface area contributed by atoms with Crippen LogP contribution in [0.1, 0.15) is 58.0 Å². The molecule has 5 heterocycles. The lowest BCUT2D eigenvalue weighted by Crippen LogP contribution is -2.52. The third-order valence-electron chi connectivity index (χ3n) is 7.87. The number of halogens is 1. The third-order valence-corrected chi connectivity index (χ3v) is 8.91. The van der Waals surface area contributed by atoms with Gasteiger partial charge in [-0.1, -0.05) is 6.07 Å². The maximum atomic E-state index is 15.2. The van der Waals surface area contributed by atoms with Crippen LogP contribution in [-0.2, 0) is 27.4 Å². The van der Waals surface area contributed by atoms with Crippen LogP contribution in [0.4, 0.5) is 9.52 Å². The van der Waals surface area contributed by atoms with Gasteiger partial charge in [-0.25, -0.2) is 9.37 Å². The van der Waals surface area contributed by atoms with E-state index in [1.807, 2.05) is 12.3 Å². The van der Waals surface area contributed by atoms with Crippen LogP contribution in [0.25, 0.3) is 0 Å². The molecule has 4 aliphatic rings. The van der Waals surface area contributed by atoms with E-state index in [1.165, 1.54) is 15.8 Å². The Labute approximate surface area is 218 Å². The van der Waals surface area contributed by atoms with E-state index in [1.54, 1.807) is 11.3 Å². The van der Waals surface area contributed by atoms with E-state index < -0.39 is 11.9 Å². The molecule has 1 unspecified atom stereocenters. The summed E-state index contributed by atoms with van der Waals surface area (Å²) >= 11 is 1.73. The number of carbonyl (C=O) groups is 3. The number of fused-ring (bicyclic) bond motifs is 1. The summed E-state index contributed by atoms with van der Waals surface area (Å²) in [5.74, 6) is -1.38. The van der Waals surface area contributed by atoms with Crippen LogP contribution in [0.3, 0.4) is 0 Å². The molecule has 1 N–H and O–H groups in total. The molecule has 0 radical (unpaired) electrons. The van der Waals surface area contributed by atoms with E-state index in [0.29, 0.717) is 17.5 Å². The van der Waals surface area contributed by atoms with Gasteiger partial charge in [0.25, 0.3) is 5.91 Å². The van der Waals surface area contributed by atoms with Crippen LogP contribution < -0.4 is 10.2 Å². The van der Waals surface area contributed by atoms with Crippen molar-refractivity contribution in [1.29, 1.82) is 0 Å². The van der Waals surface area contributed by atoms with Crippen molar-refractivity contribution in [2.24, 2.45) is 0 Å². The van der Waals surface area contributed by atoms with Crippen LogP contribution in [0.2, 0.25) is 0 Å². The smallest absolute Gasteiger partial charge is 0.255 e. The highest BCUT2D eigenvalue weighted by molar-refractivity contribution is 7.15. The van der Waals surface area contributed by atoms with Gasteiger partial charge < -0.3 is 14.5 Å². The van der Waals surface area contributed by atoms with Gasteiger partial charge in [-0.3, -0.25) is 24.6 Å². The number of carbonyl (C=O) groups excluding carboxylic acids is 3. The molecule has 3 saturated heterocycles. The first-order valence-corrected chi connectivity index (χ1v) is 13.7. The molecule has 9 nitrogen and oxygen atoms in total. The predicted octanol–water partition coefficient (Wildman–Crippen LogP) is 2.26. The standard InChI is InChI=1S/C26H30FN5O4S/c27-21-12-20-17(14-32(25(20)35)22-1-2-23(33)29-24(22)34)11-19(21)16-3-5-30(6-4-16)15-18-13-28-26(37-18)31-7-9-36-10-8-31/h11-13,16,22H,1-10,14-15H2,(H,29,33,34). The number of thiazole rings is 1. The Hall–Kier alpha value is -2.89. The van der Waals surface area contributed by atoms with Crippen molar-refractivity contribution >= 4 is 34.2 Å². The zero-order chi connectivity index (χ0) is 25.5. The summed E-state index contributed by atoms with van der Waals surface area (Å²) in [5, 5.41) is 3.36. The van der Waals surface area contributed by atoms with E-state index in [2.05, 4.69) is 20.1 Å². The predicted molar refractivity (Wildman–Crippen MR) is 135 cm³/mol. The maximum absolute atomic E-state index is 15.2. The number of rotatable bonds is 5. The summed E-state index contributed by atoms with van der Waals surface area (Å²) in [6.45, 7) is 6.08. The Balaban J connectivity index is 1.08. The van der Waals surface area contributed by atoms with Gasteiger partial charge in [0.05, 0.1) is 13.2 Å². The van der Waals surface area contributed by atoms with Crippen molar-refractivity contribution in [2.75, 3.05) is 44.3 Å². The number of hydrogen-bond acceptors (Lipinski definition) is 8. The Bertz CT molecular complexity index is 1220. The van der Waals surface area contributed by atoms with Crippen molar-refractivity contribution in [3.8, 4) is 0 Å². The van der Waals surface area contributed by atoms with Gasteiger partial charge in [-0.15, -0.1) is 11.3 Å². The van der Waals surface area contributed by atoms with Crippen LogP contribution in [0.15, 0.2) is 18.3 Å². The lowest BCUT2D eigenvalue weighted by molar-refractivity contribution is -0.136. The van der Waals surface area contributed by atoms with Gasteiger partial charge in [-0.2, -0.15) is 0 Å². The molecule has 0 saturated carbocycles. The first-order chi connectivity index (χ1) is 18.0. The van der Waals surface area contributed by atoms with Gasteiger partial charge in [-0.05, 0) is 55.5 Å². The number of aromatic nitrogens is 1. The van der Waals surface area contributed by atoms with Crippen molar-refractivity contribution in [3.63, 3.8) is 0 Å². The number of piperidine rings is 2. The van der Waals surface area contributed by atoms with Gasteiger partial charge >= 0.3 is 0 Å². The SMILES string of the molecule is O=C1CCC(N2Cc3cc(C4CCN(Cc5cnc(N6CCOCC6)s5)CC4)c(F)cc3C2=O)C(=O)N1. The molecule has 2 aromatic rings. The number of imide groups is 1. The number of amides is 3. The number of ether oxygens (including phenoxy) is 1. The lowest BCUT2D eigenvalue weighted by atomic mass is 9.87. The van der Waals surface area contributed by atoms with Crippen molar-refractivity contribution < 1.29 is 23.5 Å². The zero-order valence-corrected chi connectivity index (χ0v) is 21.4. The number of nitrogens with zero attached hydrogens (tertiary/aromatic N) is 4. The second-order valence-electron chi connectivity index (χ2n) is 10.2. The second-order valence-corrected chi connectivity index (χ2v) is 11.3. The first-order valence-electron chi connectivity index (χ1n) is 12.9. The van der Waals surface area contributed by atoms with E-state index in [9.17, 15) is 14.4 Å². The highest BCUT2D eigenvalue weighted by atomic mass is 32.1. The Morgan fingerprint density at radius 3 is 2.62 bits per heavy atom. The number of likely N-dealkylation sites (tertiary alicyclic amines) is 1. The summed E-state index contributed by atoms with van der Waals surface area (Å²) in [7, 11) is 0. The minimum Gasteiger partial charge on any atom is -0.378 e. The van der Waals surface area contributed by atoms with Crippen LogP contribution in [0, 0.1) is 5.82 Å². The number of morpholine rings is 1. The molecule has 11 heteroatoms. The summed E-state index contributed by atoms with van der Waals surface area (Å²) in [6, 6.07) is 2.48. The van der Waals surface area contributed by atoms with Crippen molar-refractivity contribution in [1.82, 2.24) is 20.1 Å². The number of nitrogens with one attached hydrogen (secondary N) is 1. The van der Waals surface area contributed by atoms with E-state index >= 15 is 4.39 Å². The van der Waals surface area contributed by atoms with Crippen LogP contribution >= 0.6 is 11.3 Å². The highest BCUT2D eigenvalue weighted by Crippen LogP contribution is 2.36. The summed E-state index contributed by atoms with van der Waals surface area (Å²) in [6.07, 6.45) is 4.15. The number of hydrogen-bond donors (Lipinski definition) is 1. The first kappa shape index (κ1) is 24.4. The van der Waals surface area contributed by atoms with Crippen LogP contribution in [0.5, 0.6) is 0 Å². The molecule has 6 rings (SSSR count). The van der Waals surface area contributed by atoms with E-state index in [0.717, 1.165) is 69.5 Å². The average molecular weight is 528 g/mol. The molecule has 0 bridgehead atoms. The minimum atomic E-state index is -0.692. The van der Waals surface area contributed by atoms with E-state index in [4.69, 9.17) is 4.74 Å². The molecule has 37 heavy (non-hydrogen) atoms. The fourth-order valence-electron chi connectivity index (χ4n) is 5.81. The van der Waals surface area contributed by atoms with Crippen LogP contribution in [-0.4, -0.2) is 77.9 Å². The van der Waals surface area contributed by atoms with Gasteiger partial charge in [0, 0.05) is 49.2 Å². The molecule has 1 atom stereocenters. The minimum absolute atomic E-state index is 0.0895. The van der Waals surface area contributed by atoms with Gasteiger partial charge in [0.1, 0.15) is 11.9 Å². The quantitative estimate of drug-likeness (QED) is 0.596. The number of anilines is 1. The van der Waals surface area contributed by atoms with Crippen molar-refractivity contribution in [2.45, 2.75) is 50.7 Å². The molecule has 4 aliphatic heterocycles. The molecular weight excluding hydrogens is 497 g/mol. The molecule has 1 aromatic heterocycles. The summed E-state index contributed by atoms with van der Waals surface area (Å²) in [4.78, 5) is 48.7. The average Bonchev–Trinajstić information content (AvgIpc) is 3.49. The van der Waals surface area contributed by atoms with Gasteiger partial charge in [0.15, 0.2) is 5.13 Å². The van der Waals surface area contributed by atoms with Crippen molar-refractivity contribution in [3.05, 3.63) is 45.7 Å². The normalized spacial score (nSPS) is 23.5. The summed E-state index contributed by atoms with van der Waals surface area (Å²) < 4.78 is 20.6. The lowest BCUT2D eigenvalue weighted by Gasteiger charge is -2.32. The zero-order valence-electron chi connectivity index (χ0n) is 20.6. The molecule has 3 amide bonds. The maximum Gasteiger partial charge on any atom is 0.255 e.